The number of methoxy groups -OCH3 is 2. The normalized spacial score (nSPS) is 32.2. The lowest BCUT2D eigenvalue weighted by Crippen LogP contribution is -2.53. The molecule has 0 radical (unpaired) electrons. The van der Waals surface area contributed by atoms with Gasteiger partial charge in [-0.2, -0.15) is 0 Å². The van der Waals surface area contributed by atoms with Crippen LogP contribution < -0.4 is 0 Å². The molecule has 1 saturated heterocycles. The summed E-state index contributed by atoms with van der Waals surface area (Å²) in [4.78, 5) is 15.4. The van der Waals surface area contributed by atoms with Crippen LogP contribution in [0, 0.1) is 0 Å². The Hall–Kier alpha value is -0.620. The van der Waals surface area contributed by atoms with Crippen LogP contribution in [-0.4, -0.2) is 49.3 Å². The van der Waals surface area contributed by atoms with E-state index >= 15 is 0 Å². The number of ether oxygens (including phenoxy) is 2. The van der Waals surface area contributed by atoms with Crippen molar-refractivity contribution >= 4 is 28.8 Å². The molecule has 21 heavy (non-hydrogen) atoms. The number of carbonyl (C=O) groups excluding carboxylic acids is 1. The summed E-state index contributed by atoms with van der Waals surface area (Å²) >= 11 is 7.29. The number of hydrogen-bond donors (Lipinski definition) is 0. The van der Waals surface area contributed by atoms with Gasteiger partial charge in [0, 0.05) is 20.8 Å². The molecule has 0 unspecified atom stereocenters. The molecular weight excluding hydrogens is 310 g/mol. The van der Waals surface area contributed by atoms with E-state index in [0.29, 0.717) is 9.21 Å². The Labute approximate surface area is 134 Å². The Balaban J connectivity index is 1.84. The Bertz CT molecular complexity index is 535. The maximum absolute atomic E-state index is 12.7. The van der Waals surface area contributed by atoms with Crippen molar-refractivity contribution in [3.05, 3.63) is 21.3 Å². The fourth-order valence-electron chi connectivity index (χ4n) is 3.69. The molecule has 1 saturated carbocycles. The van der Waals surface area contributed by atoms with E-state index in [9.17, 15) is 4.79 Å². The maximum atomic E-state index is 12.7. The summed E-state index contributed by atoms with van der Waals surface area (Å²) in [6.45, 7) is 0.739. The van der Waals surface area contributed by atoms with Gasteiger partial charge in [-0.05, 0) is 37.8 Å². The van der Waals surface area contributed by atoms with Crippen LogP contribution in [0.25, 0.3) is 0 Å². The minimum absolute atomic E-state index is 0.0626. The minimum Gasteiger partial charge on any atom is -0.381 e. The molecule has 1 aromatic heterocycles. The van der Waals surface area contributed by atoms with Crippen LogP contribution >= 0.6 is 22.9 Å². The van der Waals surface area contributed by atoms with Crippen LogP contribution in [-0.2, 0) is 9.47 Å². The average molecular weight is 330 g/mol. The second-order valence-corrected chi connectivity index (χ2v) is 7.48. The van der Waals surface area contributed by atoms with Crippen molar-refractivity contribution in [1.82, 2.24) is 4.90 Å². The number of amides is 1. The molecule has 4 nitrogen and oxygen atoms in total. The third-order valence-electron chi connectivity index (χ3n) is 4.92. The van der Waals surface area contributed by atoms with Crippen molar-refractivity contribution in [2.75, 3.05) is 20.8 Å². The third kappa shape index (κ3) is 2.61. The summed E-state index contributed by atoms with van der Waals surface area (Å²) in [5, 5.41) is 0. The number of carbonyl (C=O) groups is 1. The molecule has 6 heteroatoms. The van der Waals surface area contributed by atoms with Crippen molar-refractivity contribution in [3.8, 4) is 0 Å². The zero-order valence-electron chi connectivity index (χ0n) is 12.3. The average Bonchev–Trinajstić information content (AvgIpc) is 3.10. The first kappa shape index (κ1) is 15.3. The van der Waals surface area contributed by atoms with Gasteiger partial charge in [-0.1, -0.05) is 11.6 Å². The quantitative estimate of drug-likeness (QED) is 0.854. The largest absolute Gasteiger partial charge is 0.381 e. The summed E-state index contributed by atoms with van der Waals surface area (Å²) in [6.07, 6.45) is 3.89. The van der Waals surface area contributed by atoms with Gasteiger partial charge in [0.25, 0.3) is 5.91 Å². The predicted octanol–water partition coefficient (Wildman–Crippen LogP) is 3.20. The van der Waals surface area contributed by atoms with Gasteiger partial charge in [-0.3, -0.25) is 4.79 Å². The highest BCUT2D eigenvalue weighted by Crippen LogP contribution is 2.43. The smallest absolute Gasteiger partial charge is 0.264 e. The molecule has 2 fully saturated rings. The Morgan fingerprint density at radius 1 is 1.43 bits per heavy atom. The number of thiophene rings is 1. The van der Waals surface area contributed by atoms with E-state index in [4.69, 9.17) is 21.1 Å². The van der Waals surface area contributed by atoms with Crippen LogP contribution in [0.3, 0.4) is 0 Å². The molecule has 0 bridgehead atoms. The lowest BCUT2D eigenvalue weighted by atomic mass is 9.79. The van der Waals surface area contributed by atoms with Crippen molar-refractivity contribution in [1.29, 1.82) is 0 Å². The van der Waals surface area contributed by atoms with E-state index < -0.39 is 0 Å². The van der Waals surface area contributed by atoms with Crippen molar-refractivity contribution < 1.29 is 14.3 Å². The fourth-order valence-corrected chi connectivity index (χ4v) is 4.69. The van der Waals surface area contributed by atoms with E-state index in [1.807, 2.05) is 4.90 Å². The molecule has 116 valence electrons. The first-order valence-electron chi connectivity index (χ1n) is 7.24. The Morgan fingerprint density at radius 3 is 2.86 bits per heavy atom. The number of nitrogens with zero attached hydrogens (tertiary/aromatic N) is 1. The molecule has 1 amide bonds. The van der Waals surface area contributed by atoms with E-state index in [-0.39, 0.29) is 23.7 Å². The van der Waals surface area contributed by atoms with Gasteiger partial charge in [0.15, 0.2) is 0 Å². The van der Waals surface area contributed by atoms with E-state index in [1.165, 1.54) is 11.3 Å². The number of halogens is 1. The first-order chi connectivity index (χ1) is 10.1. The molecule has 1 aromatic rings. The molecule has 1 aliphatic carbocycles. The Kier molecular flexibility index (Phi) is 4.28. The number of hydrogen-bond acceptors (Lipinski definition) is 4. The van der Waals surface area contributed by atoms with Gasteiger partial charge in [0.2, 0.25) is 0 Å². The topological polar surface area (TPSA) is 38.8 Å². The van der Waals surface area contributed by atoms with E-state index in [2.05, 4.69) is 0 Å². The maximum Gasteiger partial charge on any atom is 0.264 e. The second-order valence-electron chi connectivity index (χ2n) is 5.77. The highest BCUT2D eigenvalue weighted by atomic mass is 35.5. The standard InChI is InChI=1S/C15H20ClNO3S/c1-19-10-5-6-15(20-2)7-8-17(12(15)9-10)14(18)11-3-4-13(16)21-11/h3-4,10,12H,5-9H2,1-2H3/t10-,12-,15+/m0/s1. The first-order valence-corrected chi connectivity index (χ1v) is 8.43. The zero-order valence-corrected chi connectivity index (χ0v) is 13.9. The van der Waals surface area contributed by atoms with Crippen LogP contribution in [0.1, 0.15) is 35.4 Å². The lowest BCUT2D eigenvalue weighted by molar-refractivity contribution is -0.0893. The van der Waals surface area contributed by atoms with E-state index in [1.54, 1.807) is 26.4 Å². The fraction of sp³-hybridized carbons (Fsp3) is 0.667. The summed E-state index contributed by atoms with van der Waals surface area (Å²) in [7, 11) is 3.50. The van der Waals surface area contributed by atoms with Gasteiger partial charge in [-0.25, -0.2) is 0 Å². The Morgan fingerprint density at radius 2 is 2.24 bits per heavy atom. The van der Waals surface area contributed by atoms with Crippen molar-refractivity contribution in [3.63, 3.8) is 0 Å². The van der Waals surface area contributed by atoms with Gasteiger partial charge in [0.1, 0.15) is 0 Å². The zero-order chi connectivity index (χ0) is 15.0. The SMILES string of the molecule is CO[C@H]1CC[C@@]2(OC)CCN(C(=O)c3ccc(Cl)s3)[C@H]2C1. The van der Waals surface area contributed by atoms with Gasteiger partial charge in [0.05, 0.1) is 27.0 Å². The number of likely N-dealkylation sites (tertiary alicyclic amines) is 1. The molecule has 1 aliphatic heterocycles. The molecule has 0 aromatic carbocycles. The highest BCUT2D eigenvalue weighted by Gasteiger charge is 2.52. The molecule has 3 atom stereocenters. The monoisotopic (exact) mass is 329 g/mol. The van der Waals surface area contributed by atoms with E-state index in [0.717, 1.165) is 32.2 Å². The summed E-state index contributed by atoms with van der Waals surface area (Å²) in [6, 6.07) is 3.67. The van der Waals surface area contributed by atoms with Gasteiger partial charge in [-0.15, -0.1) is 11.3 Å². The third-order valence-corrected chi connectivity index (χ3v) is 6.14. The molecule has 3 rings (SSSR count). The van der Waals surface area contributed by atoms with Crippen LogP contribution in [0.4, 0.5) is 0 Å². The second kappa shape index (κ2) is 5.88. The molecular formula is C15H20ClNO3S. The van der Waals surface area contributed by atoms with Gasteiger partial charge >= 0.3 is 0 Å². The lowest BCUT2D eigenvalue weighted by Gasteiger charge is -2.43. The predicted molar refractivity (Wildman–Crippen MR) is 83.2 cm³/mol. The molecule has 2 heterocycles. The van der Waals surface area contributed by atoms with Crippen LogP contribution in [0.15, 0.2) is 12.1 Å². The van der Waals surface area contributed by atoms with Crippen LogP contribution in [0.5, 0.6) is 0 Å². The molecule has 0 N–H and O–H groups in total. The summed E-state index contributed by atoms with van der Waals surface area (Å²) in [5.74, 6) is 0.0626. The summed E-state index contributed by atoms with van der Waals surface area (Å²) in [5.41, 5.74) is -0.203. The highest BCUT2D eigenvalue weighted by molar-refractivity contribution is 7.17. The van der Waals surface area contributed by atoms with Crippen LogP contribution in [0.2, 0.25) is 4.34 Å². The van der Waals surface area contributed by atoms with Crippen molar-refractivity contribution in [2.45, 2.75) is 43.4 Å². The van der Waals surface area contributed by atoms with Gasteiger partial charge < -0.3 is 14.4 Å². The number of fused-ring (bicyclic) bond motifs is 1. The minimum atomic E-state index is -0.203. The summed E-state index contributed by atoms with van der Waals surface area (Å²) < 4.78 is 12.0. The molecule has 2 aliphatic rings. The molecule has 0 spiro atoms. The number of rotatable bonds is 3. The van der Waals surface area contributed by atoms with Crippen molar-refractivity contribution in [2.24, 2.45) is 0 Å².